The van der Waals surface area contributed by atoms with Crippen LogP contribution in [0.25, 0.3) is 5.69 Å². The second kappa shape index (κ2) is 5.70. The maximum absolute atomic E-state index is 13.8. The van der Waals surface area contributed by atoms with Crippen LogP contribution in [-0.2, 0) is 0 Å². The summed E-state index contributed by atoms with van der Waals surface area (Å²) < 4.78 is 15.4. The first-order chi connectivity index (χ1) is 10.3. The molecule has 0 saturated carbocycles. The highest BCUT2D eigenvalue weighted by atomic mass is 19.1. The van der Waals surface area contributed by atoms with E-state index in [0.717, 1.165) is 5.69 Å². The Labute approximate surface area is 121 Å². The molecule has 6 heteroatoms. The lowest BCUT2D eigenvalue weighted by atomic mass is 10.1. The Balaban J connectivity index is 1.87. The smallest absolute Gasteiger partial charge is 0.248 e. The fourth-order valence-electron chi connectivity index (χ4n) is 2.12. The van der Waals surface area contributed by atoms with Crippen LogP contribution in [0.3, 0.4) is 0 Å². The summed E-state index contributed by atoms with van der Waals surface area (Å²) in [5, 5.41) is 14.7. The maximum Gasteiger partial charge on any atom is 0.248 e. The lowest BCUT2D eigenvalue weighted by molar-refractivity contribution is 0.599. The van der Waals surface area contributed by atoms with Gasteiger partial charge in [-0.15, -0.1) is 0 Å². The van der Waals surface area contributed by atoms with Gasteiger partial charge in [0.25, 0.3) is 0 Å². The van der Waals surface area contributed by atoms with E-state index in [1.165, 1.54) is 6.07 Å². The van der Waals surface area contributed by atoms with Crippen LogP contribution < -0.4 is 5.32 Å². The van der Waals surface area contributed by atoms with Crippen LogP contribution in [0, 0.1) is 5.82 Å². The van der Waals surface area contributed by atoms with E-state index in [2.05, 4.69) is 20.8 Å². The molecule has 1 atom stereocenters. The molecule has 0 aliphatic carbocycles. The van der Waals surface area contributed by atoms with Gasteiger partial charge in [0.05, 0.1) is 11.7 Å². The number of para-hydroxylation sites is 1. The van der Waals surface area contributed by atoms with E-state index in [-0.39, 0.29) is 11.9 Å². The molecule has 2 aromatic carbocycles. The normalized spacial score (nSPS) is 12.1. The van der Waals surface area contributed by atoms with Crippen molar-refractivity contribution in [1.82, 2.24) is 20.2 Å². The molecule has 0 fully saturated rings. The number of hydrogen-bond acceptors (Lipinski definition) is 4. The molecular formula is C15H14FN5. The Bertz CT molecular complexity index is 726. The topological polar surface area (TPSA) is 55.6 Å². The van der Waals surface area contributed by atoms with Crippen molar-refractivity contribution in [2.45, 2.75) is 13.0 Å². The molecule has 106 valence electrons. The molecule has 0 aliphatic rings. The SMILES string of the molecule is CC(Nc1nnnn1-c1ccccc1)c1ccccc1F. The number of aromatic nitrogens is 4. The van der Waals surface area contributed by atoms with Gasteiger partial charge in [0.15, 0.2) is 0 Å². The van der Waals surface area contributed by atoms with E-state index in [4.69, 9.17) is 0 Å². The zero-order valence-corrected chi connectivity index (χ0v) is 11.4. The fraction of sp³-hybridized carbons (Fsp3) is 0.133. The molecule has 0 bridgehead atoms. The second-order valence-corrected chi connectivity index (χ2v) is 4.64. The van der Waals surface area contributed by atoms with Gasteiger partial charge in [-0.1, -0.05) is 41.5 Å². The van der Waals surface area contributed by atoms with Gasteiger partial charge < -0.3 is 5.32 Å². The van der Waals surface area contributed by atoms with Crippen molar-refractivity contribution >= 4 is 5.95 Å². The number of anilines is 1. The van der Waals surface area contributed by atoms with E-state index >= 15 is 0 Å². The summed E-state index contributed by atoms with van der Waals surface area (Å²) in [7, 11) is 0. The Kier molecular flexibility index (Phi) is 3.59. The Morgan fingerprint density at radius 1 is 1.05 bits per heavy atom. The highest BCUT2D eigenvalue weighted by Gasteiger charge is 2.14. The molecule has 3 rings (SSSR count). The summed E-state index contributed by atoms with van der Waals surface area (Å²) in [4.78, 5) is 0. The summed E-state index contributed by atoms with van der Waals surface area (Å²) >= 11 is 0. The molecule has 1 N–H and O–H groups in total. The lowest BCUT2D eigenvalue weighted by Crippen LogP contribution is -2.13. The quantitative estimate of drug-likeness (QED) is 0.799. The highest BCUT2D eigenvalue weighted by Crippen LogP contribution is 2.21. The number of rotatable bonds is 4. The predicted molar refractivity (Wildman–Crippen MR) is 77.6 cm³/mol. The van der Waals surface area contributed by atoms with E-state index in [1.807, 2.05) is 37.3 Å². The van der Waals surface area contributed by atoms with Crippen molar-refractivity contribution in [3.05, 3.63) is 66.0 Å². The van der Waals surface area contributed by atoms with Crippen molar-refractivity contribution in [3.63, 3.8) is 0 Å². The molecule has 21 heavy (non-hydrogen) atoms. The van der Waals surface area contributed by atoms with E-state index in [0.29, 0.717) is 11.5 Å². The van der Waals surface area contributed by atoms with Crippen LogP contribution in [0.1, 0.15) is 18.5 Å². The van der Waals surface area contributed by atoms with E-state index in [1.54, 1.807) is 22.9 Å². The first-order valence-corrected chi connectivity index (χ1v) is 6.60. The van der Waals surface area contributed by atoms with Gasteiger partial charge in [0, 0.05) is 5.56 Å². The average molecular weight is 283 g/mol. The van der Waals surface area contributed by atoms with Gasteiger partial charge in [-0.25, -0.2) is 4.39 Å². The molecule has 5 nitrogen and oxygen atoms in total. The van der Waals surface area contributed by atoms with Crippen LogP contribution in [0.5, 0.6) is 0 Å². The van der Waals surface area contributed by atoms with Gasteiger partial charge in [-0.3, -0.25) is 0 Å². The third-order valence-corrected chi connectivity index (χ3v) is 3.19. The summed E-state index contributed by atoms with van der Waals surface area (Å²) in [5.41, 5.74) is 1.41. The summed E-state index contributed by atoms with van der Waals surface area (Å²) in [6.45, 7) is 1.86. The Hall–Kier alpha value is -2.76. The first-order valence-electron chi connectivity index (χ1n) is 6.60. The highest BCUT2D eigenvalue weighted by molar-refractivity contribution is 5.40. The zero-order valence-electron chi connectivity index (χ0n) is 11.4. The Morgan fingerprint density at radius 3 is 2.52 bits per heavy atom. The minimum Gasteiger partial charge on any atom is -0.346 e. The van der Waals surface area contributed by atoms with Crippen molar-refractivity contribution in [2.24, 2.45) is 0 Å². The van der Waals surface area contributed by atoms with Crippen LogP contribution in [-0.4, -0.2) is 20.2 Å². The number of nitrogens with one attached hydrogen (secondary N) is 1. The van der Waals surface area contributed by atoms with Crippen LogP contribution in [0.2, 0.25) is 0 Å². The maximum atomic E-state index is 13.8. The number of halogens is 1. The van der Waals surface area contributed by atoms with Crippen molar-refractivity contribution < 1.29 is 4.39 Å². The second-order valence-electron chi connectivity index (χ2n) is 4.64. The average Bonchev–Trinajstić information content (AvgIpc) is 2.96. The fourth-order valence-corrected chi connectivity index (χ4v) is 2.12. The number of hydrogen-bond donors (Lipinski definition) is 1. The molecule has 0 aliphatic heterocycles. The van der Waals surface area contributed by atoms with Gasteiger partial charge in [-0.05, 0) is 35.5 Å². The van der Waals surface area contributed by atoms with Crippen LogP contribution in [0.15, 0.2) is 54.6 Å². The molecule has 3 aromatic rings. The van der Waals surface area contributed by atoms with Gasteiger partial charge in [0.1, 0.15) is 5.82 Å². The number of tetrazole rings is 1. The first kappa shape index (κ1) is 13.2. The van der Waals surface area contributed by atoms with E-state index in [9.17, 15) is 4.39 Å². The third kappa shape index (κ3) is 2.74. The van der Waals surface area contributed by atoms with E-state index < -0.39 is 0 Å². The number of benzene rings is 2. The van der Waals surface area contributed by atoms with Crippen molar-refractivity contribution in [3.8, 4) is 5.69 Å². The molecule has 0 saturated heterocycles. The minimum atomic E-state index is -0.253. The van der Waals surface area contributed by atoms with Crippen molar-refractivity contribution in [1.29, 1.82) is 0 Å². The molecule has 1 heterocycles. The lowest BCUT2D eigenvalue weighted by Gasteiger charge is -2.15. The standard InChI is InChI=1S/C15H14FN5/c1-11(13-9-5-6-10-14(13)16)17-15-18-19-20-21(15)12-7-3-2-4-8-12/h2-11H,1H3,(H,17,18,20). The number of nitrogens with zero attached hydrogens (tertiary/aromatic N) is 4. The predicted octanol–water partition coefficient (Wildman–Crippen LogP) is 2.97. The molecule has 0 spiro atoms. The molecular weight excluding hydrogens is 269 g/mol. The molecule has 0 amide bonds. The van der Waals surface area contributed by atoms with Gasteiger partial charge in [-0.2, -0.15) is 4.68 Å². The largest absolute Gasteiger partial charge is 0.346 e. The van der Waals surface area contributed by atoms with Gasteiger partial charge in [0.2, 0.25) is 5.95 Å². The summed E-state index contributed by atoms with van der Waals surface area (Å²) in [6.07, 6.45) is 0. The van der Waals surface area contributed by atoms with Gasteiger partial charge >= 0.3 is 0 Å². The summed E-state index contributed by atoms with van der Waals surface area (Å²) in [5.74, 6) is 0.216. The Morgan fingerprint density at radius 2 is 1.76 bits per heavy atom. The third-order valence-electron chi connectivity index (χ3n) is 3.19. The van der Waals surface area contributed by atoms with Crippen LogP contribution >= 0.6 is 0 Å². The zero-order chi connectivity index (χ0) is 14.7. The summed E-state index contributed by atoms with van der Waals surface area (Å²) in [6, 6.07) is 15.9. The van der Waals surface area contributed by atoms with Crippen LogP contribution in [0.4, 0.5) is 10.3 Å². The van der Waals surface area contributed by atoms with Crippen molar-refractivity contribution in [2.75, 3.05) is 5.32 Å². The molecule has 1 unspecified atom stereocenters. The molecule has 0 radical (unpaired) electrons. The minimum absolute atomic E-state index is 0.250. The molecule has 1 aromatic heterocycles. The monoisotopic (exact) mass is 283 g/mol.